The summed E-state index contributed by atoms with van der Waals surface area (Å²) >= 11 is 0. The van der Waals surface area contributed by atoms with Crippen molar-refractivity contribution < 1.29 is 14.3 Å². The third kappa shape index (κ3) is 6.49. The van der Waals surface area contributed by atoms with Gasteiger partial charge in [-0.3, -0.25) is 9.69 Å². The maximum Gasteiger partial charge on any atom is 0.231 e. The van der Waals surface area contributed by atoms with Gasteiger partial charge in [-0.15, -0.1) is 0 Å². The molecule has 0 aromatic rings. The molecule has 0 bridgehead atoms. The molecule has 0 rings (SSSR count). The molecule has 108 valence electrons. The van der Waals surface area contributed by atoms with Gasteiger partial charge in [-0.05, 0) is 18.1 Å². The Balaban J connectivity index is 4.17. The van der Waals surface area contributed by atoms with Crippen molar-refractivity contribution in [1.29, 1.82) is 0 Å². The van der Waals surface area contributed by atoms with Crippen molar-refractivity contribution in [3.05, 3.63) is 0 Å². The lowest BCUT2D eigenvalue weighted by atomic mass is 10.2. The highest BCUT2D eigenvalue weighted by atomic mass is 28.4. The number of aliphatic hydroxyl groups is 1. The minimum absolute atomic E-state index is 0.0212. The van der Waals surface area contributed by atoms with Crippen LogP contribution in [0.2, 0.25) is 18.1 Å². The van der Waals surface area contributed by atoms with Crippen LogP contribution in [0.25, 0.3) is 0 Å². The molecule has 0 atom stereocenters. The Labute approximate surface area is 111 Å². The predicted octanol–water partition coefficient (Wildman–Crippen LogP) is 0.788. The van der Waals surface area contributed by atoms with Crippen molar-refractivity contribution in [3.63, 3.8) is 0 Å². The zero-order chi connectivity index (χ0) is 14.4. The van der Waals surface area contributed by atoms with Crippen molar-refractivity contribution in [2.75, 3.05) is 32.8 Å². The summed E-state index contributed by atoms with van der Waals surface area (Å²) in [5, 5.41) is 9.09. The van der Waals surface area contributed by atoms with Crippen LogP contribution in [-0.2, 0) is 9.22 Å². The molecular weight excluding hydrogens is 248 g/mol. The Morgan fingerprint density at radius 2 is 1.89 bits per heavy atom. The van der Waals surface area contributed by atoms with Gasteiger partial charge < -0.3 is 15.3 Å². The molecule has 0 aliphatic rings. The molecule has 0 saturated heterocycles. The van der Waals surface area contributed by atoms with Gasteiger partial charge in [-0.1, -0.05) is 20.8 Å². The van der Waals surface area contributed by atoms with E-state index in [0.717, 1.165) is 0 Å². The summed E-state index contributed by atoms with van der Waals surface area (Å²) in [6.07, 6.45) is 0. The average Bonchev–Trinajstić information content (AvgIpc) is 2.14. The lowest BCUT2D eigenvalue weighted by molar-refractivity contribution is -0.119. The number of hydrogen-bond donors (Lipinski definition) is 2. The molecule has 0 aliphatic heterocycles. The molecule has 3 N–H and O–H groups in total. The first kappa shape index (κ1) is 17.6. The molecule has 0 spiro atoms. The minimum Gasteiger partial charge on any atom is -0.416 e. The SMILES string of the molecule is CC(C)(C)[Si](C)(C)OCCN(CCO)CC(N)=O. The van der Waals surface area contributed by atoms with E-state index >= 15 is 0 Å². The Bertz CT molecular complexity index is 265. The summed E-state index contributed by atoms with van der Waals surface area (Å²) in [5.41, 5.74) is 5.16. The fourth-order valence-corrected chi connectivity index (χ4v) is 2.31. The summed E-state index contributed by atoms with van der Waals surface area (Å²) in [6, 6.07) is 0. The standard InChI is InChI=1S/C12H28N2O3Si/c1-12(2,3)18(4,5)17-9-7-14(6-8-15)10-11(13)16/h15H,6-10H2,1-5H3,(H2,13,16). The maximum absolute atomic E-state index is 10.9. The molecule has 0 heterocycles. The molecule has 0 aromatic heterocycles. The van der Waals surface area contributed by atoms with E-state index in [0.29, 0.717) is 19.7 Å². The number of carbonyl (C=O) groups excluding carboxylic acids is 1. The van der Waals surface area contributed by atoms with Crippen LogP contribution in [0.5, 0.6) is 0 Å². The normalized spacial score (nSPS) is 13.1. The molecule has 1 amide bonds. The van der Waals surface area contributed by atoms with Gasteiger partial charge >= 0.3 is 0 Å². The number of carbonyl (C=O) groups is 1. The molecule has 0 unspecified atom stereocenters. The lowest BCUT2D eigenvalue weighted by Gasteiger charge is -2.36. The van der Waals surface area contributed by atoms with Gasteiger partial charge in [0.15, 0.2) is 8.32 Å². The molecular formula is C12H28N2O3Si. The van der Waals surface area contributed by atoms with E-state index in [4.69, 9.17) is 15.3 Å². The average molecular weight is 276 g/mol. The number of nitrogens with two attached hydrogens (primary N) is 1. The van der Waals surface area contributed by atoms with E-state index in [-0.39, 0.29) is 24.1 Å². The summed E-state index contributed by atoms with van der Waals surface area (Å²) in [6.45, 7) is 12.8. The third-order valence-electron chi connectivity index (χ3n) is 3.47. The second-order valence-corrected chi connectivity index (χ2v) is 10.9. The highest BCUT2D eigenvalue weighted by Gasteiger charge is 2.36. The molecule has 0 aliphatic carbocycles. The highest BCUT2D eigenvalue weighted by molar-refractivity contribution is 6.74. The van der Waals surface area contributed by atoms with Crippen LogP contribution in [-0.4, -0.2) is 57.1 Å². The van der Waals surface area contributed by atoms with Crippen LogP contribution in [0.3, 0.4) is 0 Å². The molecule has 0 saturated carbocycles. The van der Waals surface area contributed by atoms with E-state index < -0.39 is 8.32 Å². The van der Waals surface area contributed by atoms with Crippen LogP contribution in [0, 0.1) is 0 Å². The van der Waals surface area contributed by atoms with E-state index in [1.807, 2.05) is 4.90 Å². The zero-order valence-corrected chi connectivity index (χ0v) is 13.3. The van der Waals surface area contributed by atoms with Gasteiger partial charge in [-0.25, -0.2) is 0 Å². The molecule has 0 radical (unpaired) electrons. The number of aliphatic hydroxyl groups excluding tert-OH is 1. The van der Waals surface area contributed by atoms with Crippen molar-refractivity contribution in [2.45, 2.75) is 38.9 Å². The van der Waals surface area contributed by atoms with Gasteiger partial charge in [0.1, 0.15) is 0 Å². The smallest absolute Gasteiger partial charge is 0.231 e. The Kier molecular flexibility index (Phi) is 7.05. The Morgan fingerprint density at radius 1 is 1.33 bits per heavy atom. The van der Waals surface area contributed by atoms with E-state index in [9.17, 15) is 4.79 Å². The fraction of sp³-hybridized carbons (Fsp3) is 0.917. The molecule has 0 fully saturated rings. The molecule has 18 heavy (non-hydrogen) atoms. The summed E-state index contributed by atoms with van der Waals surface area (Å²) < 4.78 is 6.02. The topological polar surface area (TPSA) is 75.8 Å². The summed E-state index contributed by atoms with van der Waals surface area (Å²) in [4.78, 5) is 12.7. The predicted molar refractivity (Wildman–Crippen MR) is 75.9 cm³/mol. The lowest BCUT2D eigenvalue weighted by Crippen LogP contribution is -2.44. The second-order valence-electron chi connectivity index (χ2n) is 6.07. The first-order valence-corrected chi connectivity index (χ1v) is 9.26. The molecule has 5 nitrogen and oxygen atoms in total. The maximum atomic E-state index is 10.9. The number of primary amides is 1. The first-order chi connectivity index (χ1) is 8.10. The van der Waals surface area contributed by atoms with Crippen molar-refractivity contribution in [3.8, 4) is 0 Å². The Hall–Kier alpha value is -0.433. The first-order valence-electron chi connectivity index (χ1n) is 6.35. The van der Waals surface area contributed by atoms with Gasteiger partial charge in [-0.2, -0.15) is 0 Å². The van der Waals surface area contributed by atoms with Gasteiger partial charge in [0.05, 0.1) is 13.2 Å². The second kappa shape index (κ2) is 7.23. The van der Waals surface area contributed by atoms with Crippen LogP contribution < -0.4 is 5.73 Å². The van der Waals surface area contributed by atoms with Crippen molar-refractivity contribution in [1.82, 2.24) is 4.90 Å². The van der Waals surface area contributed by atoms with Gasteiger partial charge in [0.2, 0.25) is 5.91 Å². The third-order valence-corrected chi connectivity index (χ3v) is 8.01. The van der Waals surface area contributed by atoms with E-state index in [2.05, 4.69) is 33.9 Å². The zero-order valence-electron chi connectivity index (χ0n) is 12.3. The monoisotopic (exact) mass is 276 g/mol. The van der Waals surface area contributed by atoms with Crippen LogP contribution in [0.15, 0.2) is 0 Å². The van der Waals surface area contributed by atoms with Gasteiger partial charge in [0.25, 0.3) is 0 Å². The van der Waals surface area contributed by atoms with Crippen LogP contribution >= 0.6 is 0 Å². The molecule has 0 aromatic carbocycles. The van der Waals surface area contributed by atoms with Crippen LogP contribution in [0.4, 0.5) is 0 Å². The van der Waals surface area contributed by atoms with E-state index in [1.54, 1.807) is 0 Å². The largest absolute Gasteiger partial charge is 0.416 e. The Morgan fingerprint density at radius 3 is 2.28 bits per heavy atom. The molecule has 6 heteroatoms. The van der Waals surface area contributed by atoms with Gasteiger partial charge in [0, 0.05) is 19.7 Å². The van der Waals surface area contributed by atoms with Crippen molar-refractivity contribution >= 4 is 14.2 Å². The number of hydrogen-bond acceptors (Lipinski definition) is 4. The number of rotatable bonds is 8. The number of nitrogens with zero attached hydrogens (tertiary/aromatic N) is 1. The number of amides is 1. The van der Waals surface area contributed by atoms with E-state index in [1.165, 1.54) is 0 Å². The highest BCUT2D eigenvalue weighted by Crippen LogP contribution is 2.36. The minimum atomic E-state index is -1.74. The quantitative estimate of drug-likeness (QED) is 0.643. The van der Waals surface area contributed by atoms with Crippen molar-refractivity contribution in [2.24, 2.45) is 5.73 Å². The summed E-state index contributed by atoms with van der Waals surface area (Å²) in [7, 11) is -1.74. The van der Waals surface area contributed by atoms with Crippen LogP contribution in [0.1, 0.15) is 20.8 Å². The summed E-state index contributed by atoms with van der Waals surface area (Å²) in [5.74, 6) is -0.379. The fourth-order valence-electron chi connectivity index (χ4n) is 1.28.